The molecule has 1 amide bonds. The van der Waals surface area contributed by atoms with Gasteiger partial charge in [-0.3, -0.25) is 4.79 Å². The van der Waals surface area contributed by atoms with E-state index in [4.69, 9.17) is 5.53 Å². The molecule has 0 unspecified atom stereocenters. The third kappa shape index (κ3) is 16.2. The molecule has 0 aromatic heterocycles. The van der Waals surface area contributed by atoms with Gasteiger partial charge in [-0.25, -0.2) is 0 Å². The summed E-state index contributed by atoms with van der Waals surface area (Å²) in [5.41, 5.74) is 7.69. The van der Waals surface area contributed by atoms with Crippen LogP contribution in [0.15, 0.2) is 5.11 Å². The van der Waals surface area contributed by atoms with Crippen LogP contribution >= 0.6 is 0 Å². The van der Waals surface area contributed by atoms with Gasteiger partial charge in [-0.05, 0) is 5.53 Å². The van der Waals surface area contributed by atoms with Crippen molar-refractivity contribution in [1.82, 2.24) is 5.32 Å². The van der Waals surface area contributed by atoms with Crippen molar-refractivity contribution >= 4 is 5.91 Å². The van der Waals surface area contributed by atoms with Crippen LogP contribution < -0.4 is 5.32 Å². The average molecular weight is 140 g/mol. The SMILES string of the molecule is C#C.CC(=O)NCN=[N+]=[N-]. The quantitative estimate of drug-likeness (QED) is 0.260. The van der Waals surface area contributed by atoms with Crippen LogP contribution in [0.5, 0.6) is 0 Å². The summed E-state index contributed by atoms with van der Waals surface area (Å²) in [7, 11) is 0. The Morgan fingerprint density at radius 1 is 1.80 bits per heavy atom. The first-order valence-electron chi connectivity index (χ1n) is 2.36. The van der Waals surface area contributed by atoms with Gasteiger partial charge in [0.1, 0.15) is 0 Å². The second kappa shape index (κ2) is 10.3. The molecule has 0 aromatic carbocycles. The van der Waals surface area contributed by atoms with Crippen molar-refractivity contribution in [2.45, 2.75) is 6.92 Å². The van der Waals surface area contributed by atoms with E-state index in [1.165, 1.54) is 6.92 Å². The molecule has 1 N–H and O–H groups in total. The number of terminal acetylenes is 1. The van der Waals surface area contributed by atoms with Crippen LogP contribution in [0.3, 0.4) is 0 Å². The van der Waals surface area contributed by atoms with E-state index in [0.29, 0.717) is 0 Å². The fourth-order valence-corrected chi connectivity index (χ4v) is 0.178. The Kier molecular flexibility index (Phi) is 11.6. The fraction of sp³-hybridized carbons (Fsp3) is 0.400. The van der Waals surface area contributed by atoms with Gasteiger partial charge in [-0.1, -0.05) is 5.11 Å². The number of carbonyl (C=O) groups excluding carboxylic acids is 1. The largest absolute Gasteiger partial charge is 0.350 e. The molecule has 5 nitrogen and oxygen atoms in total. The molecule has 0 heterocycles. The molecule has 0 saturated heterocycles. The smallest absolute Gasteiger partial charge is 0.216 e. The molecule has 54 valence electrons. The second-order valence-corrected chi connectivity index (χ2v) is 1.12. The van der Waals surface area contributed by atoms with E-state index in [2.05, 4.69) is 28.2 Å². The molecule has 10 heavy (non-hydrogen) atoms. The lowest BCUT2D eigenvalue weighted by atomic mass is 10.7. The van der Waals surface area contributed by atoms with E-state index in [1.54, 1.807) is 0 Å². The molecule has 0 atom stereocenters. The van der Waals surface area contributed by atoms with Gasteiger partial charge < -0.3 is 5.32 Å². The first-order chi connectivity index (χ1) is 4.77. The molecule has 0 aliphatic heterocycles. The van der Waals surface area contributed by atoms with Gasteiger partial charge in [0.2, 0.25) is 5.91 Å². The minimum absolute atomic E-state index is 0.0336. The molecule has 0 spiro atoms. The Labute approximate surface area is 59.0 Å². The molecule has 0 fully saturated rings. The van der Waals surface area contributed by atoms with Crippen molar-refractivity contribution in [3.63, 3.8) is 0 Å². The third-order valence-corrected chi connectivity index (χ3v) is 0.462. The summed E-state index contributed by atoms with van der Waals surface area (Å²) in [5, 5.41) is 5.35. The monoisotopic (exact) mass is 140 g/mol. The number of carbonyl (C=O) groups is 1. The highest BCUT2D eigenvalue weighted by Gasteiger charge is 1.82. The number of hydrogen-bond donors (Lipinski definition) is 1. The lowest BCUT2D eigenvalue weighted by molar-refractivity contribution is -0.118. The Morgan fingerprint density at radius 2 is 2.30 bits per heavy atom. The molecular weight excluding hydrogens is 132 g/mol. The van der Waals surface area contributed by atoms with E-state index in [-0.39, 0.29) is 12.6 Å². The first kappa shape index (κ1) is 11.2. The molecule has 0 radical (unpaired) electrons. The van der Waals surface area contributed by atoms with E-state index in [0.717, 1.165) is 0 Å². The lowest BCUT2D eigenvalue weighted by Crippen LogP contribution is -2.18. The van der Waals surface area contributed by atoms with E-state index in [9.17, 15) is 4.79 Å². The highest BCUT2D eigenvalue weighted by atomic mass is 16.1. The van der Waals surface area contributed by atoms with Crippen molar-refractivity contribution in [2.24, 2.45) is 5.11 Å². The fourth-order valence-electron chi connectivity index (χ4n) is 0.178. The van der Waals surface area contributed by atoms with Crippen LogP contribution in [-0.4, -0.2) is 12.6 Å². The summed E-state index contributed by atoms with van der Waals surface area (Å²) in [5.74, 6) is -0.197. The third-order valence-electron chi connectivity index (χ3n) is 0.462. The zero-order valence-corrected chi connectivity index (χ0v) is 5.61. The number of hydrogen-bond acceptors (Lipinski definition) is 2. The molecular formula is C5H8N4O. The van der Waals surface area contributed by atoms with Crippen LogP contribution in [0, 0.1) is 12.8 Å². The minimum Gasteiger partial charge on any atom is -0.350 e. The number of amides is 1. The zero-order chi connectivity index (χ0) is 8.41. The topological polar surface area (TPSA) is 77.9 Å². The van der Waals surface area contributed by atoms with Crippen LogP contribution in [0.2, 0.25) is 0 Å². The van der Waals surface area contributed by atoms with Gasteiger partial charge in [0.05, 0.1) is 6.67 Å². The van der Waals surface area contributed by atoms with Crippen molar-refractivity contribution in [1.29, 1.82) is 0 Å². The van der Waals surface area contributed by atoms with Crippen molar-refractivity contribution in [3.8, 4) is 12.8 Å². The molecule has 5 heteroatoms. The summed E-state index contributed by atoms with van der Waals surface area (Å²) in [6.07, 6.45) is 8.00. The highest BCUT2D eigenvalue weighted by molar-refractivity contribution is 5.72. The van der Waals surface area contributed by atoms with Crippen molar-refractivity contribution in [3.05, 3.63) is 10.4 Å². The molecule has 0 aliphatic carbocycles. The maximum Gasteiger partial charge on any atom is 0.216 e. The van der Waals surface area contributed by atoms with Crippen LogP contribution in [0.4, 0.5) is 0 Å². The van der Waals surface area contributed by atoms with Crippen LogP contribution in [0.25, 0.3) is 10.4 Å². The normalized spacial score (nSPS) is 5.90. The zero-order valence-electron chi connectivity index (χ0n) is 5.61. The van der Waals surface area contributed by atoms with Gasteiger partial charge in [0, 0.05) is 11.8 Å². The standard InChI is InChI=1S/C3H6N4O.C2H2/c1-3(8)5-2-6-7-4;1-2/h2H2,1H3,(H,5,8);1-2H. The molecule has 0 aromatic rings. The van der Waals surface area contributed by atoms with Gasteiger partial charge in [-0.15, -0.1) is 12.8 Å². The average Bonchev–Trinajstić information content (AvgIpc) is 1.92. The van der Waals surface area contributed by atoms with E-state index < -0.39 is 0 Å². The van der Waals surface area contributed by atoms with Gasteiger partial charge in [0.15, 0.2) is 0 Å². The Morgan fingerprint density at radius 3 is 2.60 bits per heavy atom. The Balaban J connectivity index is 0. The summed E-state index contributed by atoms with van der Waals surface area (Å²) >= 11 is 0. The molecule has 0 saturated carbocycles. The van der Waals surface area contributed by atoms with Gasteiger partial charge >= 0.3 is 0 Å². The minimum atomic E-state index is -0.197. The molecule has 0 aliphatic rings. The van der Waals surface area contributed by atoms with Crippen LogP contribution in [0.1, 0.15) is 6.92 Å². The summed E-state index contributed by atoms with van der Waals surface area (Å²) in [4.78, 5) is 12.4. The molecule has 0 bridgehead atoms. The maximum absolute atomic E-state index is 10.0. The van der Waals surface area contributed by atoms with Crippen molar-refractivity contribution < 1.29 is 4.79 Å². The first-order valence-corrected chi connectivity index (χ1v) is 2.36. The number of azide groups is 1. The Bertz CT molecular complexity index is 154. The summed E-state index contributed by atoms with van der Waals surface area (Å²) in [6, 6.07) is 0. The lowest BCUT2D eigenvalue weighted by Gasteiger charge is -1.89. The second-order valence-electron chi connectivity index (χ2n) is 1.12. The van der Waals surface area contributed by atoms with E-state index >= 15 is 0 Å². The summed E-state index contributed by atoms with van der Waals surface area (Å²) in [6.45, 7) is 1.39. The number of nitrogens with zero attached hydrogens (tertiary/aromatic N) is 3. The van der Waals surface area contributed by atoms with Crippen LogP contribution in [-0.2, 0) is 4.79 Å². The molecule has 0 rings (SSSR count). The van der Waals surface area contributed by atoms with E-state index in [1.807, 2.05) is 0 Å². The summed E-state index contributed by atoms with van der Waals surface area (Å²) < 4.78 is 0. The number of nitrogens with one attached hydrogen (secondary N) is 1. The Hall–Kier alpha value is -1.66. The van der Waals surface area contributed by atoms with Gasteiger partial charge in [-0.2, -0.15) is 0 Å². The highest BCUT2D eigenvalue weighted by Crippen LogP contribution is 1.64. The predicted molar refractivity (Wildman–Crippen MR) is 37.7 cm³/mol. The maximum atomic E-state index is 10.0. The van der Waals surface area contributed by atoms with Crippen molar-refractivity contribution in [2.75, 3.05) is 6.67 Å². The van der Waals surface area contributed by atoms with Gasteiger partial charge in [0.25, 0.3) is 0 Å². The predicted octanol–water partition coefficient (Wildman–Crippen LogP) is 0.640. The number of rotatable bonds is 2.